The summed E-state index contributed by atoms with van der Waals surface area (Å²) in [6, 6.07) is 13.5. The van der Waals surface area contributed by atoms with Crippen LogP contribution in [-0.2, 0) is 25.8 Å². The number of hydrazone groups is 1. The maximum absolute atomic E-state index is 14.0. The number of anilines is 1. The molecule has 1 spiro atoms. The van der Waals surface area contributed by atoms with Crippen molar-refractivity contribution in [3.63, 3.8) is 0 Å². The van der Waals surface area contributed by atoms with E-state index in [2.05, 4.69) is 24.3 Å². The molecule has 2 aliphatic rings. The predicted molar refractivity (Wildman–Crippen MR) is 137 cm³/mol. The molecular formula is C26H30N4O4S. The van der Waals surface area contributed by atoms with Crippen LogP contribution in [0, 0.1) is 12.8 Å². The van der Waals surface area contributed by atoms with E-state index in [4.69, 9.17) is 4.74 Å². The van der Waals surface area contributed by atoms with Crippen molar-refractivity contribution in [1.82, 2.24) is 10.3 Å². The van der Waals surface area contributed by atoms with Crippen LogP contribution in [0.15, 0.2) is 47.6 Å². The summed E-state index contributed by atoms with van der Waals surface area (Å²) in [5.41, 5.74) is 3.28. The number of nitrogens with one attached hydrogen (secondary N) is 1. The van der Waals surface area contributed by atoms with Crippen LogP contribution >= 0.6 is 11.8 Å². The Bertz CT molecular complexity index is 1190. The highest BCUT2D eigenvalue weighted by atomic mass is 32.2. The fourth-order valence-electron chi connectivity index (χ4n) is 4.17. The molecule has 2 aromatic rings. The van der Waals surface area contributed by atoms with Gasteiger partial charge >= 0.3 is 0 Å². The van der Waals surface area contributed by atoms with Crippen molar-refractivity contribution in [3.05, 3.63) is 59.2 Å². The zero-order chi connectivity index (χ0) is 25.3. The van der Waals surface area contributed by atoms with Gasteiger partial charge in [-0.25, -0.2) is 0 Å². The molecule has 3 amide bonds. The van der Waals surface area contributed by atoms with Crippen LogP contribution in [-0.4, -0.2) is 34.5 Å². The number of hydrogen-bond acceptors (Lipinski definition) is 6. The van der Waals surface area contributed by atoms with Crippen LogP contribution in [0.1, 0.15) is 50.8 Å². The summed E-state index contributed by atoms with van der Waals surface area (Å²) in [6.45, 7) is 9.97. The lowest BCUT2D eigenvalue weighted by Crippen LogP contribution is -2.48. The van der Waals surface area contributed by atoms with Gasteiger partial charge in [-0.3, -0.25) is 14.4 Å². The van der Waals surface area contributed by atoms with Gasteiger partial charge in [-0.05, 0) is 54.8 Å². The fourth-order valence-corrected chi connectivity index (χ4v) is 5.49. The van der Waals surface area contributed by atoms with Crippen LogP contribution in [0.3, 0.4) is 0 Å². The molecule has 184 valence electrons. The number of ether oxygens (including phenoxy) is 1. The second-order valence-corrected chi connectivity index (χ2v) is 10.4. The molecule has 0 bridgehead atoms. The zero-order valence-electron chi connectivity index (χ0n) is 20.6. The van der Waals surface area contributed by atoms with Gasteiger partial charge in [-0.2, -0.15) is 5.01 Å². The van der Waals surface area contributed by atoms with Gasteiger partial charge in [0.1, 0.15) is 5.75 Å². The van der Waals surface area contributed by atoms with Crippen molar-refractivity contribution in [2.45, 2.75) is 52.5 Å². The lowest BCUT2D eigenvalue weighted by Gasteiger charge is -2.29. The summed E-state index contributed by atoms with van der Waals surface area (Å²) < 4.78 is 5.81. The summed E-state index contributed by atoms with van der Waals surface area (Å²) >= 11 is 1.08. The Morgan fingerprint density at radius 3 is 2.49 bits per heavy atom. The topological polar surface area (TPSA) is 91.3 Å². The summed E-state index contributed by atoms with van der Waals surface area (Å²) in [7, 11) is 0. The van der Waals surface area contributed by atoms with Crippen LogP contribution in [0.4, 0.5) is 5.69 Å². The Balaban J connectivity index is 1.64. The van der Waals surface area contributed by atoms with Crippen molar-refractivity contribution in [2.75, 3.05) is 11.5 Å². The van der Waals surface area contributed by atoms with Gasteiger partial charge in [0.05, 0.1) is 18.8 Å². The van der Waals surface area contributed by atoms with Gasteiger partial charge < -0.3 is 15.0 Å². The summed E-state index contributed by atoms with van der Waals surface area (Å²) in [5, 5.41) is 8.35. The first-order valence-corrected chi connectivity index (χ1v) is 12.4. The third-order valence-electron chi connectivity index (χ3n) is 5.89. The van der Waals surface area contributed by atoms with Crippen molar-refractivity contribution < 1.29 is 19.1 Å². The van der Waals surface area contributed by atoms with E-state index in [1.165, 1.54) is 18.9 Å². The normalized spacial score (nSPS) is 18.8. The molecule has 2 aromatic carbocycles. The molecule has 0 aliphatic carbocycles. The molecule has 4 rings (SSSR count). The number of carbonyl (C=O) groups is 3. The van der Waals surface area contributed by atoms with E-state index in [1.807, 2.05) is 49.4 Å². The first-order valence-electron chi connectivity index (χ1n) is 11.6. The number of thioether (sulfide) groups is 1. The van der Waals surface area contributed by atoms with Crippen LogP contribution in [0.2, 0.25) is 0 Å². The average molecular weight is 495 g/mol. The standard InChI is InChI=1S/C26H30N4O4S/c1-16(2)12-13-34-21-9-7-20(8-10-21)15-29-23-11-6-17(3)14-22(23)26(24(29)33)30(19(5)32)28-25(35-26)27-18(4)31/h6-11,14,16H,12-13,15H2,1-5H3,(H,27,28,31)/t26-/m0/s1. The van der Waals surface area contributed by atoms with Gasteiger partial charge in [0.15, 0.2) is 5.17 Å². The average Bonchev–Trinajstić information content (AvgIpc) is 3.26. The third kappa shape index (κ3) is 4.77. The predicted octanol–water partition coefficient (Wildman–Crippen LogP) is 4.12. The number of hydrogen-bond donors (Lipinski definition) is 1. The van der Waals surface area contributed by atoms with E-state index in [0.29, 0.717) is 24.6 Å². The first kappa shape index (κ1) is 24.8. The largest absolute Gasteiger partial charge is 0.494 e. The van der Waals surface area contributed by atoms with Gasteiger partial charge in [0.25, 0.3) is 5.91 Å². The molecule has 0 fully saturated rings. The van der Waals surface area contributed by atoms with Gasteiger partial charge in [0.2, 0.25) is 16.7 Å². The number of benzene rings is 2. The Hall–Kier alpha value is -3.33. The van der Waals surface area contributed by atoms with E-state index >= 15 is 0 Å². The van der Waals surface area contributed by atoms with E-state index in [0.717, 1.165) is 40.7 Å². The Labute approximate surface area is 209 Å². The Kier molecular flexibility index (Phi) is 6.89. The maximum atomic E-state index is 14.0. The molecule has 0 unspecified atom stereocenters. The molecule has 8 nitrogen and oxygen atoms in total. The van der Waals surface area contributed by atoms with Crippen LogP contribution < -0.4 is 15.0 Å². The number of rotatable bonds is 6. The van der Waals surface area contributed by atoms with Gasteiger partial charge in [-0.1, -0.05) is 43.7 Å². The van der Waals surface area contributed by atoms with E-state index in [1.54, 1.807) is 4.90 Å². The highest BCUT2D eigenvalue weighted by molar-refractivity contribution is 8.15. The quantitative estimate of drug-likeness (QED) is 0.652. The number of amides is 3. The zero-order valence-corrected chi connectivity index (χ0v) is 21.4. The lowest BCUT2D eigenvalue weighted by atomic mass is 10.0. The number of aryl methyl sites for hydroxylation is 1. The van der Waals surface area contributed by atoms with Gasteiger partial charge in [-0.15, -0.1) is 5.10 Å². The second-order valence-electron chi connectivity index (χ2n) is 9.25. The third-order valence-corrected chi connectivity index (χ3v) is 7.13. The van der Waals surface area contributed by atoms with Gasteiger partial charge in [0, 0.05) is 19.4 Å². The van der Waals surface area contributed by atoms with E-state index in [9.17, 15) is 14.4 Å². The lowest BCUT2D eigenvalue weighted by molar-refractivity contribution is -0.139. The number of amidine groups is 1. The Morgan fingerprint density at radius 2 is 1.86 bits per heavy atom. The molecule has 1 atom stereocenters. The smallest absolute Gasteiger partial charge is 0.271 e. The van der Waals surface area contributed by atoms with Crippen molar-refractivity contribution in [1.29, 1.82) is 0 Å². The molecular weight excluding hydrogens is 464 g/mol. The minimum atomic E-state index is -1.40. The highest BCUT2D eigenvalue weighted by Gasteiger charge is 2.61. The molecule has 0 saturated heterocycles. The fraction of sp³-hybridized carbons (Fsp3) is 0.385. The molecule has 2 heterocycles. The molecule has 0 radical (unpaired) electrons. The molecule has 0 aromatic heterocycles. The van der Waals surface area contributed by atoms with E-state index in [-0.39, 0.29) is 22.9 Å². The minimum Gasteiger partial charge on any atom is -0.494 e. The monoisotopic (exact) mass is 494 g/mol. The van der Waals surface area contributed by atoms with Crippen LogP contribution in [0.25, 0.3) is 0 Å². The van der Waals surface area contributed by atoms with Crippen LogP contribution in [0.5, 0.6) is 5.75 Å². The van der Waals surface area contributed by atoms with Crippen molar-refractivity contribution in [2.24, 2.45) is 11.0 Å². The summed E-state index contributed by atoms with van der Waals surface area (Å²) in [5.74, 6) is 0.379. The number of nitrogens with zero attached hydrogens (tertiary/aromatic N) is 3. The highest BCUT2D eigenvalue weighted by Crippen LogP contribution is 2.54. The molecule has 9 heteroatoms. The summed E-state index contributed by atoms with van der Waals surface area (Å²) in [4.78, 5) is 38.6. The summed E-state index contributed by atoms with van der Waals surface area (Å²) in [6.07, 6.45) is 0.981. The minimum absolute atomic E-state index is 0.221. The number of fused-ring (bicyclic) bond motifs is 2. The number of carbonyl (C=O) groups excluding carboxylic acids is 3. The Morgan fingerprint density at radius 1 is 1.14 bits per heavy atom. The molecule has 1 N–H and O–H groups in total. The second kappa shape index (κ2) is 9.73. The van der Waals surface area contributed by atoms with Crippen molar-refractivity contribution in [3.8, 4) is 5.75 Å². The molecule has 35 heavy (non-hydrogen) atoms. The first-order chi connectivity index (χ1) is 16.6. The van der Waals surface area contributed by atoms with Crippen molar-refractivity contribution >= 4 is 40.3 Å². The molecule has 2 aliphatic heterocycles. The maximum Gasteiger partial charge on any atom is 0.271 e. The van der Waals surface area contributed by atoms with E-state index < -0.39 is 4.87 Å². The SMILES string of the molecule is CC(=O)NC1=NN(C(C)=O)[C@@]2(S1)C(=O)N(Cc1ccc(OCCC(C)C)cc1)c1ccc(C)cc12. The molecule has 0 saturated carbocycles.